The summed E-state index contributed by atoms with van der Waals surface area (Å²) in [7, 11) is 1.49. The first kappa shape index (κ1) is 25.0. The number of hydrogen-bond donors (Lipinski definition) is 1. The quantitative estimate of drug-likeness (QED) is 0.231. The van der Waals surface area contributed by atoms with Crippen LogP contribution in [0.2, 0.25) is 15.1 Å². The van der Waals surface area contributed by atoms with Crippen LogP contribution in [0.4, 0.5) is 5.69 Å². The summed E-state index contributed by atoms with van der Waals surface area (Å²) in [6.45, 7) is 0.240. The van der Waals surface area contributed by atoms with Crippen LogP contribution in [0.15, 0.2) is 66.2 Å². The summed E-state index contributed by atoms with van der Waals surface area (Å²) in [6, 6.07) is 17.2. The molecule has 0 radical (unpaired) electrons. The molecule has 178 valence electrons. The first-order chi connectivity index (χ1) is 16.8. The fourth-order valence-corrected chi connectivity index (χ4v) is 4.22. The minimum atomic E-state index is -0.638. The highest BCUT2D eigenvalue weighted by Crippen LogP contribution is 2.35. The number of hydrogen-bond acceptors (Lipinski definition) is 5. The average molecular weight is 548 g/mol. The lowest BCUT2D eigenvalue weighted by Crippen LogP contribution is -2.54. The number of benzene rings is 3. The van der Waals surface area contributed by atoms with Crippen LogP contribution in [0.5, 0.6) is 11.5 Å². The Morgan fingerprint density at radius 3 is 2.46 bits per heavy atom. The number of nitrogens with zero attached hydrogens (tertiary/aromatic N) is 1. The molecule has 4 rings (SSSR count). The molecular weight excluding hydrogens is 531 g/mol. The second-order valence-electron chi connectivity index (χ2n) is 7.32. The Bertz CT molecular complexity index is 1380. The maximum atomic E-state index is 13.3. The van der Waals surface area contributed by atoms with Crippen molar-refractivity contribution in [1.82, 2.24) is 5.32 Å². The van der Waals surface area contributed by atoms with Gasteiger partial charge in [-0.1, -0.05) is 65.1 Å². The Hall–Kier alpha value is -3.10. The number of carbonyl (C=O) groups is 2. The van der Waals surface area contributed by atoms with Crippen molar-refractivity contribution < 1.29 is 19.1 Å². The van der Waals surface area contributed by atoms with E-state index in [1.807, 2.05) is 18.2 Å². The summed E-state index contributed by atoms with van der Waals surface area (Å²) in [6.07, 6.45) is 1.44. The highest BCUT2D eigenvalue weighted by Gasteiger charge is 2.35. The van der Waals surface area contributed by atoms with E-state index in [2.05, 4.69) is 5.32 Å². The lowest BCUT2D eigenvalue weighted by molar-refractivity contribution is -0.122. The van der Waals surface area contributed by atoms with E-state index in [-0.39, 0.29) is 33.0 Å². The molecule has 1 aliphatic heterocycles. The molecule has 1 saturated heterocycles. The van der Waals surface area contributed by atoms with Gasteiger partial charge in [-0.25, -0.2) is 0 Å². The van der Waals surface area contributed by atoms with Crippen LogP contribution in [0.3, 0.4) is 0 Å². The lowest BCUT2D eigenvalue weighted by Gasteiger charge is -2.29. The van der Waals surface area contributed by atoms with Gasteiger partial charge in [0.15, 0.2) is 16.6 Å². The number of halogens is 3. The van der Waals surface area contributed by atoms with Gasteiger partial charge in [0.05, 0.1) is 22.8 Å². The Morgan fingerprint density at radius 2 is 1.71 bits per heavy atom. The van der Waals surface area contributed by atoms with Crippen LogP contribution >= 0.6 is 47.0 Å². The molecule has 0 aromatic heterocycles. The zero-order valence-corrected chi connectivity index (χ0v) is 21.3. The molecule has 0 bridgehead atoms. The summed E-state index contributed by atoms with van der Waals surface area (Å²) in [4.78, 5) is 27.0. The van der Waals surface area contributed by atoms with Crippen molar-refractivity contribution in [3.63, 3.8) is 0 Å². The molecule has 0 aliphatic carbocycles. The molecule has 3 aromatic carbocycles. The zero-order chi connectivity index (χ0) is 25.1. The molecule has 1 N–H and O–H groups in total. The SMILES string of the molecule is COc1cc(/C=C2\C(=O)NC(=S)N(c3cccc(Cl)c3Cl)C2=O)ccc1OCc1ccccc1Cl. The van der Waals surface area contributed by atoms with Gasteiger partial charge in [0.2, 0.25) is 0 Å². The minimum absolute atomic E-state index is 0.0952. The average Bonchev–Trinajstić information content (AvgIpc) is 2.84. The van der Waals surface area contributed by atoms with Gasteiger partial charge >= 0.3 is 0 Å². The Kier molecular flexibility index (Phi) is 7.62. The Labute approximate surface area is 222 Å². The number of thiocarbonyl (C=S) groups is 1. The van der Waals surface area contributed by atoms with Crippen molar-refractivity contribution in [2.75, 3.05) is 12.0 Å². The standard InChI is InChI=1S/C25H17Cl3N2O4S/c1-33-21-12-14(9-10-20(21)34-13-15-5-2-3-6-17(15)26)11-16-23(31)29-25(35)30(24(16)32)19-8-4-7-18(27)22(19)28/h2-12H,13H2,1H3,(H,29,31,35)/b16-11+. The molecule has 0 unspecified atom stereocenters. The smallest absolute Gasteiger partial charge is 0.270 e. The summed E-state index contributed by atoms with van der Waals surface area (Å²) < 4.78 is 11.3. The first-order valence-electron chi connectivity index (χ1n) is 10.2. The zero-order valence-electron chi connectivity index (χ0n) is 18.2. The van der Waals surface area contributed by atoms with Crippen LogP contribution in [0, 0.1) is 0 Å². The van der Waals surface area contributed by atoms with E-state index >= 15 is 0 Å². The van der Waals surface area contributed by atoms with E-state index in [9.17, 15) is 9.59 Å². The van der Waals surface area contributed by atoms with Gasteiger partial charge in [0, 0.05) is 10.6 Å². The van der Waals surface area contributed by atoms with Gasteiger partial charge < -0.3 is 9.47 Å². The fourth-order valence-electron chi connectivity index (χ4n) is 3.37. The third kappa shape index (κ3) is 5.28. The molecule has 35 heavy (non-hydrogen) atoms. The monoisotopic (exact) mass is 546 g/mol. The van der Waals surface area contributed by atoms with Crippen LogP contribution < -0.4 is 19.7 Å². The van der Waals surface area contributed by atoms with E-state index in [0.29, 0.717) is 22.1 Å². The van der Waals surface area contributed by atoms with Crippen molar-refractivity contribution in [1.29, 1.82) is 0 Å². The second kappa shape index (κ2) is 10.7. The van der Waals surface area contributed by atoms with Gasteiger partial charge in [0.1, 0.15) is 12.2 Å². The lowest BCUT2D eigenvalue weighted by atomic mass is 10.1. The van der Waals surface area contributed by atoms with Gasteiger partial charge in [-0.05, 0) is 54.2 Å². The van der Waals surface area contributed by atoms with Gasteiger partial charge in [-0.2, -0.15) is 0 Å². The topological polar surface area (TPSA) is 67.9 Å². The van der Waals surface area contributed by atoms with Crippen LogP contribution in [0.1, 0.15) is 11.1 Å². The molecular formula is C25H17Cl3N2O4S. The molecule has 6 nitrogen and oxygen atoms in total. The summed E-state index contributed by atoms with van der Waals surface area (Å²) in [5, 5.41) is 3.41. The van der Waals surface area contributed by atoms with Gasteiger partial charge in [-0.3, -0.25) is 19.8 Å². The van der Waals surface area contributed by atoms with Gasteiger partial charge in [-0.15, -0.1) is 0 Å². The molecule has 1 heterocycles. The number of rotatable bonds is 6. The number of nitrogens with one attached hydrogen (secondary N) is 1. The number of amides is 2. The number of methoxy groups -OCH3 is 1. The first-order valence-corrected chi connectivity index (χ1v) is 11.7. The fraction of sp³-hybridized carbons (Fsp3) is 0.0800. The number of ether oxygens (including phenoxy) is 2. The van der Waals surface area contributed by atoms with Crippen LogP contribution in [0.25, 0.3) is 6.08 Å². The van der Waals surface area contributed by atoms with Crippen molar-refractivity contribution in [3.8, 4) is 11.5 Å². The van der Waals surface area contributed by atoms with Crippen LogP contribution in [-0.4, -0.2) is 24.0 Å². The van der Waals surface area contributed by atoms with Crippen molar-refractivity contribution in [2.24, 2.45) is 0 Å². The Balaban J connectivity index is 1.63. The Morgan fingerprint density at radius 1 is 0.971 bits per heavy atom. The summed E-state index contributed by atoms with van der Waals surface area (Å²) in [5.74, 6) is -0.379. The third-order valence-electron chi connectivity index (χ3n) is 5.11. The van der Waals surface area contributed by atoms with E-state index in [0.717, 1.165) is 10.5 Å². The maximum absolute atomic E-state index is 13.3. The highest BCUT2D eigenvalue weighted by atomic mass is 35.5. The molecule has 3 aromatic rings. The van der Waals surface area contributed by atoms with Crippen molar-refractivity contribution >= 4 is 75.7 Å². The normalized spacial score (nSPS) is 14.8. The van der Waals surface area contributed by atoms with E-state index in [1.165, 1.54) is 13.2 Å². The van der Waals surface area contributed by atoms with Gasteiger partial charge in [0.25, 0.3) is 11.8 Å². The highest BCUT2D eigenvalue weighted by molar-refractivity contribution is 7.80. The predicted octanol–water partition coefficient (Wildman–Crippen LogP) is 6.07. The van der Waals surface area contributed by atoms with E-state index < -0.39 is 11.8 Å². The molecule has 0 saturated carbocycles. The maximum Gasteiger partial charge on any atom is 0.270 e. The number of carbonyl (C=O) groups excluding carboxylic acids is 2. The summed E-state index contributed by atoms with van der Waals surface area (Å²) in [5.41, 5.74) is 1.49. The molecule has 1 fully saturated rings. The molecule has 0 atom stereocenters. The minimum Gasteiger partial charge on any atom is -0.493 e. The molecule has 0 spiro atoms. The predicted molar refractivity (Wildman–Crippen MR) is 141 cm³/mol. The molecule has 2 amide bonds. The number of anilines is 1. The molecule has 1 aliphatic rings. The van der Waals surface area contributed by atoms with Crippen molar-refractivity contribution in [3.05, 3.63) is 92.4 Å². The van der Waals surface area contributed by atoms with Crippen LogP contribution in [-0.2, 0) is 16.2 Å². The largest absolute Gasteiger partial charge is 0.493 e. The summed E-state index contributed by atoms with van der Waals surface area (Å²) >= 11 is 23.8. The van der Waals surface area contributed by atoms with Crippen molar-refractivity contribution in [2.45, 2.75) is 6.61 Å². The van der Waals surface area contributed by atoms with E-state index in [1.54, 1.807) is 42.5 Å². The second-order valence-corrected chi connectivity index (χ2v) is 8.90. The third-order valence-corrected chi connectivity index (χ3v) is 6.58. The van der Waals surface area contributed by atoms with E-state index in [4.69, 9.17) is 56.5 Å². The molecule has 10 heteroatoms.